The van der Waals surface area contributed by atoms with Crippen molar-refractivity contribution in [1.82, 2.24) is 20.1 Å². The lowest BCUT2D eigenvalue weighted by molar-refractivity contribution is 0.0357. The van der Waals surface area contributed by atoms with E-state index in [1.807, 2.05) is 31.2 Å². The second kappa shape index (κ2) is 10.3. The highest BCUT2D eigenvalue weighted by molar-refractivity contribution is 7.80. The van der Waals surface area contributed by atoms with Gasteiger partial charge in [0.1, 0.15) is 5.76 Å². The monoisotopic (exact) mass is 454 g/mol. The molecule has 1 fully saturated rings. The molecule has 7 nitrogen and oxygen atoms in total. The van der Waals surface area contributed by atoms with Crippen LogP contribution < -0.4 is 10.9 Å². The number of pyridine rings is 1. The van der Waals surface area contributed by atoms with Crippen molar-refractivity contribution in [2.24, 2.45) is 0 Å². The molecule has 0 saturated carbocycles. The van der Waals surface area contributed by atoms with Gasteiger partial charge in [0, 0.05) is 37.1 Å². The smallest absolute Gasteiger partial charge is 0.253 e. The molecule has 2 N–H and O–H groups in total. The summed E-state index contributed by atoms with van der Waals surface area (Å²) in [5, 5.41) is 4.96. The van der Waals surface area contributed by atoms with Gasteiger partial charge < -0.3 is 24.4 Å². The Morgan fingerprint density at radius 2 is 2.00 bits per heavy atom. The van der Waals surface area contributed by atoms with Crippen LogP contribution in [0.15, 0.2) is 45.8 Å². The van der Waals surface area contributed by atoms with Crippen LogP contribution in [0.5, 0.6) is 0 Å². The lowest BCUT2D eigenvalue weighted by Crippen LogP contribution is -2.46. The van der Waals surface area contributed by atoms with Crippen molar-refractivity contribution >= 4 is 28.2 Å². The second-order valence-electron chi connectivity index (χ2n) is 8.23. The molecule has 3 heterocycles. The van der Waals surface area contributed by atoms with Crippen LogP contribution in [0.1, 0.15) is 22.5 Å². The van der Waals surface area contributed by atoms with Gasteiger partial charge in [0.25, 0.3) is 5.56 Å². The Bertz CT molecular complexity index is 1120. The number of benzene rings is 1. The molecule has 4 rings (SSSR count). The van der Waals surface area contributed by atoms with E-state index in [0.29, 0.717) is 30.3 Å². The van der Waals surface area contributed by atoms with Crippen LogP contribution in [0.3, 0.4) is 0 Å². The highest BCUT2D eigenvalue weighted by Crippen LogP contribution is 2.20. The topological polar surface area (TPSA) is 73.7 Å². The van der Waals surface area contributed by atoms with E-state index < -0.39 is 0 Å². The molecule has 2 aromatic heterocycles. The summed E-state index contributed by atoms with van der Waals surface area (Å²) in [6, 6.07) is 9.90. The standard InChI is InChI=1S/C24H30N4O3S/c1-17-5-6-18(2)22-21(17)14-19(23(29)26-22)16-28(8-7-27-9-12-30-13-10-27)24(32)25-15-20-4-3-11-31-20/h3-6,11,14H,7-10,12-13,15-16H2,1-2H3,(H,25,32)(H,26,29). The molecule has 0 aliphatic carbocycles. The third-order valence-corrected chi connectivity index (χ3v) is 6.36. The number of H-pyrrole nitrogens is 1. The second-order valence-corrected chi connectivity index (χ2v) is 8.61. The van der Waals surface area contributed by atoms with E-state index in [-0.39, 0.29) is 5.56 Å². The molecule has 1 saturated heterocycles. The third-order valence-electron chi connectivity index (χ3n) is 5.95. The summed E-state index contributed by atoms with van der Waals surface area (Å²) in [6.07, 6.45) is 1.65. The molecule has 170 valence electrons. The highest BCUT2D eigenvalue weighted by atomic mass is 32.1. The van der Waals surface area contributed by atoms with Gasteiger partial charge in [-0.05, 0) is 55.4 Å². The predicted octanol–water partition coefficient (Wildman–Crippen LogP) is 2.95. The Balaban J connectivity index is 1.54. The molecule has 0 radical (unpaired) electrons. The number of furan rings is 1. The van der Waals surface area contributed by atoms with E-state index >= 15 is 0 Å². The van der Waals surface area contributed by atoms with Crippen molar-refractivity contribution in [2.45, 2.75) is 26.9 Å². The fourth-order valence-electron chi connectivity index (χ4n) is 3.97. The summed E-state index contributed by atoms with van der Waals surface area (Å²) in [7, 11) is 0. The van der Waals surface area contributed by atoms with Gasteiger partial charge in [0.05, 0.1) is 38.1 Å². The van der Waals surface area contributed by atoms with E-state index in [1.165, 1.54) is 0 Å². The van der Waals surface area contributed by atoms with Crippen molar-refractivity contribution < 1.29 is 9.15 Å². The van der Waals surface area contributed by atoms with Crippen molar-refractivity contribution in [3.8, 4) is 0 Å². The quantitative estimate of drug-likeness (QED) is 0.532. The number of ether oxygens (including phenoxy) is 1. The molecule has 1 aliphatic heterocycles. The third kappa shape index (κ3) is 5.38. The van der Waals surface area contributed by atoms with Gasteiger partial charge in [0.15, 0.2) is 5.11 Å². The van der Waals surface area contributed by atoms with Crippen molar-refractivity contribution in [2.75, 3.05) is 39.4 Å². The summed E-state index contributed by atoms with van der Waals surface area (Å²) in [6.45, 7) is 9.93. The zero-order valence-electron chi connectivity index (χ0n) is 18.6. The number of nitrogens with zero attached hydrogens (tertiary/aromatic N) is 2. The van der Waals surface area contributed by atoms with Gasteiger partial charge in [-0.2, -0.15) is 0 Å². The average Bonchev–Trinajstić information content (AvgIpc) is 3.32. The van der Waals surface area contributed by atoms with Crippen molar-refractivity contribution in [1.29, 1.82) is 0 Å². The molecule has 0 unspecified atom stereocenters. The minimum atomic E-state index is -0.0728. The molecule has 1 aliphatic rings. The fraction of sp³-hybridized carbons (Fsp3) is 0.417. The molecule has 0 bridgehead atoms. The first-order valence-electron chi connectivity index (χ1n) is 11.0. The maximum atomic E-state index is 12.9. The fourth-order valence-corrected chi connectivity index (χ4v) is 4.20. The molecule has 3 aromatic rings. The maximum absolute atomic E-state index is 12.9. The van der Waals surface area contributed by atoms with Crippen LogP contribution in [0.2, 0.25) is 0 Å². The lowest BCUT2D eigenvalue weighted by Gasteiger charge is -2.31. The number of aromatic amines is 1. The SMILES string of the molecule is Cc1ccc(C)c2[nH]c(=O)c(CN(CCN3CCOCC3)C(=S)NCc3ccco3)cc12. The van der Waals surface area contributed by atoms with Gasteiger partial charge >= 0.3 is 0 Å². The number of fused-ring (bicyclic) bond motifs is 1. The molecule has 1 aromatic carbocycles. The number of aryl methyl sites for hydroxylation is 2. The first kappa shape index (κ1) is 22.5. The van der Waals surface area contributed by atoms with Crippen LogP contribution in [-0.2, 0) is 17.8 Å². The summed E-state index contributed by atoms with van der Waals surface area (Å²) >= 11 is 5.72. The average molecular weight is 455 g/mol. The first-order valence-corrected chi connectivity index (χ1v) is 11.4. The molecule has 0 atom stereocenters. The van der Waals surface area contributed by atoms with E-state index in [1.54, 1.807) is 6.26 Å². The van der Waals surface area contributed by atoms with Crippen LogP contribution in [0, 0.1) is 13.8 Å². The number of hydrogen-bond acceptors (Lipinski definition) is 5. The van der Waals surface area contributed by atoms with E-state index in [0.717, 1.165) is 60.6 Å². The molecule has 0 amide bonds. The molecular formula is C24H30N4O3S. The van der Waals surface area contributed by atoms with E-state index in [9.17, 15) is 4.79 Å². The number of thiocarbonyl (C=S) groups is 1. The zero-order chi connectivity index (χ0) is 22.5. The normalized spacial score (nSPS) is 14.6. The lowest BCUT2D eigenvalue weighted by atomic mass is 10.0. The number of nitrogens with one attached hydrogen (secondary N) is 2. The summed E-state index contributed by atoms with van der Waals surface area (Å²) in [4.78, 5) is 20.4. The Labute approximate surface area is 193 Å². The Hall–Kier alpha value is -2.68. The largest absolute Gasteiger partial charge is 0.467 e. The van der Waals surface area contributed by atoms with Crippen LogP contribution in [-0.4, -0.2) is 59.3 Å². The Morgan fingerprint density at radius 1 is 1.22 bits per heavy atom. The number of morpholine rings is 1. The highest BCUT2D eigenvalue weighted by Gasteiger charge is 2.17. The summed E-state index contributed by atoms with van der Waals surface area (Å²) in [5.74, 6) is 0.815. The minimum absolute atomic E-state index is 0.0728. The van der Waals surface area contributed by atoms with Crippen molar-refractivity contribution in [3.63, 3.8) is 0 Å². The predicted molar refractivity (Wildman–Crippen MR) is 130 cm³/mol. The molecule has 32 heavy (non-hydrogen) atoms. The molecule has 8 heteroatoms. The van der Waals surface area contributed by atoms with Crippen molar-refractivity contribution in [3.05, 3.63) is 69.4 Å². The first-order chi connectivity index (χ1) is 15.5. The number of hydrogen-bond donors (Lipinski definition) is 2. The van der Waals surface area contributed by atoms with E-state index in [4.69, 9.17) is 21.4 Å². The van der Waals surface area contributed by atoms with Crippen LogP contribution in [0.25, 0.3) is 10.9 Å². The maximum Gasteiger partial charge on any atom is 0.253 e. The van der Waals surface area contributed by atoms with Gasteiger partial charge in [-0.3, -0.25) is 9.69 Å². The van der Waals surface area contributed by atoms with Gasteiger partial charge in [-0.25, -0.2) is 0 Å². The zero-order valence-corrected chi connectivity index (χ0v) is 19.5. The minimum Gasteiger partial charge on any atom is -0.467 e. The van der Waals surface area contributed by atoms with Gasteiger partial charge in [-0.1, -0.05) is 12.1 Å². The number of aromatic nitrogens is 1. The van der Waals surface area contributed by atoms with Gasteiger partial charge in [0.2, 0.25) is 0 Å². The van der Waals surface area contributed by atoms with Crippen LogP contribution in [0.4, 0.5) is 0 Å². The Kier molecular flexibility index (Phi) is 7.24. The number of rotatable bonds is 7. The Morgan fingerprint density at radius 3 is 2.75 bits per heavy atom. The van der Waals surface area contributed by atoms with E-state index in [2.05, 4.69) is 33.1 Å². The summed E-state index contributed by atoms with van der Waals surface area (Å²) < 4.78 is 10.9. The van der Waals surface area contributed by atoms with Gasteiger partial charge in [-0.15, -0.1) is 0 Å². The molecule has 0 spiro atoms. The molecular weight excluding hydrogens is 424 g/mol. The summed E-state index contributed by atoms with van der Waals surface area (Å²) in [5.41, 5.74) is 3.74. The van der Waals surface area contributed by atoms with Crippen LogP contribution >= 0.6 is 12.2 Å².